The molecule has 5 heteroatoms. The maximum atomic E-state index is 12.2. The summed E-state index contributed by atoms with van der Waals surface area (Å²) in [6, 6.07) is 13.4. The van der Waals surface area contributed by atoms with Crippen LogP contribution in [0.2, 0.25) is 0 Å². The Morgan fingerprint density at radius 2 is 1.74 bits per heavy atom. The molecule has 2 aromatic carbocycles. The van der Waals surface area contributed by atoms with Gasteiger partial charge in [-0.25, -0.2) is 8.42 Å². The third kappa shape index (κ3) is 5.28. The van der Waals surface area contributed by atoms with E-state index in [2.05, 4.69) is 11.6 Å². The molecule has 0 atom stereocenters. The molecule has 2 aromatic rings. The summed E-state index contributed by atoms with van der Waals surface area (Å²) in [7, 11) is -3.43. The smallest absolute Gasteiger partial charge is 0.236 e. The van der Waals surface area contributed by atoms with Crippen molar-refractivity contribution in [3.8, 4) is 5.75 Å². The second-order valence-corrected chi connectivity index (χ2v) is 7.43. The average molecular weight is 333 g/mol. The van der Waals surface area contributed by atoms with E-state index in [1.807, 2.05) is 56.3 Å². The van der Waals surface area contributed by atoms with Gasteiger partial charge in [-0.05, 0) is 55.2 Å². The highest BCUT2D eigenvalue weighted by molar-refractivity contribution is 7.92. The molecule has 1 N–H and O–H groups in total. The second kappa shape index (κ2) is 7.51. The van der Waals surface area contributed by atoms with Gasteiger partial charge in [-0.1, -0.05) is 31.2 Å². The zero-order chi connectivity index (χ0) is 16.9. The summed E-state index contributed by atoms with van der Waals surface area (Å²) in [5, 5.41) is 0. The number of ether oxygens (including phenoxy) is 1. The quantitative estimate of drug-likeness (QED) is 0.841. The molecule has 0 aromatic heterocycles. The lowest BCUT2D eigenvalue weighted by Gasteiger charge is -2.12. The molecule has 0 unspecified atom stereocenters. The van der Waals surface area contributed by atoms with Gasteiger partial charge < -0.3 is 4.74 Å². The molecule has 0 saturated carbocycles. The fourth-order valence-electron chi connectivity index (χ4n) is 2.15. The van der Waals surface area contributed by atoms with Gasteiger partial charge in [0.05, 0.1) is 5.69 Å². The number of anilines is 1. The van der Waals surface area contributed by atoms with Crippen LogP contribution < -0.4 is 9.46 Å². The molecule has 124 valence electrons. The third-order valence-electron chi connectivity index (χ3n) is 3.61. The minimum Gasteiger partial charge on any atom is -0.492 e. The Hall–Kier alpha value is -2.01. The van der Waals surface area contributed by atoms with Crippen LogP contribution in [-0.2, 0) is 16.4 Å². The summed E-state index contributed by atoms with van der Waals surface area (Å²) in [5.74, 6) is 0.597. The van der Waals surface area contributed by atoms with E-state index in [-0.39, 0.29) is 12.4 Å². The van der Waals surface area contributed by atoms with E-state index in [1.165, 1.54) is 5.56 Å². The van der Waals surface area contributed by atoms with Crippen molar-refractivity contribution in [3.05, 3.63) is 59.2 Å². The van der Waals surface area contributed by atoms with Gasteiger partial charge in [0.15, 0.2) is 0 Å². The van der Waals surface area contributed by atoms with Gasteiger partial charge in [0.1, 0.15) is 18.1 Å². The normalized spacial score (nSPS) is 11.3. The van der Waals surface area contributed by atoms with Crippen molar-refractivity contribution in [2.45, 2.75) is 27.2 Å². The summed E-state index contributed by atoms with van der Waals surface area (Å²) in [6.45, 7) is 6.01. The first-order valence-corrected chi connectivity index (χ1v) is 9.34. The van der Waals surface area contributed by atoms with E-state index in [1.54, 1.807) is 0 Å². The molecule has 0 aliphatic carbocycles. The van der Waals surface area contributed by atoms with Crippen LogP contribution in [0.4, 0.5) is 5.69 Å². The summed E-state index contributed by atoms with van der Waals surface area (Å²) in [5.41, 5.74) is 3.76. The topological polar surface area (TPSA) is 55.4 Å². The first-order chi connectivity index (χ1) is 10.9. The monoisotopic (exact) mass is 333 g/mol. The zero-order valence-corrected chi connectivity index (χ0v) is 14.6. The third-order valence-corrected chi connectivity index (χ3v) is 4.85. The van der Waals surface area contributed by atoms with Gasteiger partial charge in [-0.15, -0.1) is 0 Å². The molecule has 0 spiro atoms. The van der Waals surface area contributed by atoms with Gasteiger partial charge in [0, 0.05) is 0 Å². The summed E-state index contributed by atoms with van der Waals surface area (Å²) in [4.78, 5) is 0. The van der Waals surface area contributed by atoms with Gasteiger partial charge in [0.25, 0.3) is 0 Å². The van der Waals surface area contributed by atoms with Crippen molar-refractivity contribution in [1.29, 1.82) is 0 Å². The van der Waals surface area contributed by atoms with Crippen LogP contribution in [0, 0.1) is 13.8 Å². The van der Waals surface area contributed by atoms with Crippen LogP contribution in [0.25, 0.3) is 0 Å². The molecular weight excluding hydrogens is 310 g/mol. The van der Waals surface area contributed by atoms with Crippen LogP contribution in [0.15, 0.2) is 42.5 Å². The lowest BCUT2D eigenvalue weighted by Crippen LogP contribution is -2.21. The predicted octanol–water partition coefficient (Wildman–Crippen LogP) is 3.69. The molecule has 0 aliphatic heterocycles. The summed E-state index contributed by atoms with van der Waals surface area (Å²) < 4.78 is 32.5. The Kier molecular flexibility index (Phi) is 5.66. The maximum Gasteiger partial charge on any atom is 0.236 e. The Bertz CT molecular complexity index is 752. The highest BCUT2D eigenvalue weighted by atomic mass is 32.2. The molecular formula is C18H23NO3S. The fourth-order valence-corrected chi connectivity index (χ4v) is 3.11. The molecule has 0 aliphatic rings. The van der Waals surface area contributed by atoms with Crippen LogP contribution in [-0.4, -0.2) is 20.8 Å². The molecule has 2 rings (SSSR count). The molecule has 0 amide bonds. The summed E-state index contributed by atoms with van der Waals surface area (Å²) >= 11 is 0. The van der Waals surface area contributed by atoms with Crippen LogP contribution in [0.5, 0.6) is 5.75 Å². The number of aryl methyl sites for hydroxylation is 3. The first kappa shape index (κ1) is 17.3. The van der Waals surface area contributed by atoms with Crippen molar-refractivity contribution in [2.24, 2.45) is 0 Å². The van der Waals surface area contributed by atoms with Gasteiger partial charge >= 0.3 is 0 Å². The Labute approximate surface area is 138 Å². The fraction of sp³-hybridized carbons (Fsp3) is 0.333. The van der Waals surface area contributed by atoms with E-state index >= 15 is 0 Å². The SMILES string of the molecule is CCc1ccc(OCCS(=O)(=O)Nc2cc(C)ccc2C)cc1. The van der Waals surface area contributed by atoms with Crippen molar-refractivity contribution in [2.75, 3.05) is 17.1 Å². The lowest BCUT2D eigenvalue weighted by atomic mass is 10.1. The van der Waals surface area contributed by atoms with E-state index < -0.39 is 10.0 Å². The highest BCUT2D eigenvalue weighted by Crippen LogP contribution is 2.18. The van der Waals surface area contributed by atoms with E-state index in [9.17, 15) is 8.42 Å². The van der Waals surface area contributed by atoms with Crippen LogP contribution in [0.1, 0.15) is 23.6 Å². The highest BCUT2D eigenvalue weighted by Gasteiger charge is 2.12. The largest absolute Gasteiger partial charge is 0.492 e. The number of hydrogen-bond donors (Lipinski definition) is 1. The maximum absolute atomic E-state index is 12.2. The molecule has 0 radical (unpaired) electrons. The van der Waals surface area contributed by atoms with Gasteiger partial charge in [0.2, 0.25) is 10.0 Å². The molecule has 0 fully saturated rings. The Morgan fingerprint density at radius 3 is 2.39 bits per heavy atom. The Balaban J connectivity index is 1.92. The summed E-state index contributed by atoms with van der Waals surface area (Å²) in [6.07, 6.45) is 0.967. The number of hydrogen-bond acceptors (Lipinski definition) is 3. The van der Waals surface area contributed by atoms with Gasteiger partial charge in [-0.2, -0.15) is 0 Å². The number of nitrogens with one attached hydrogen (secondary N) is 1. The standard InChI is InChI=1S/C18H23NO3S/c1-4-16-7-9-17(10-8-16)22-11-12-23(20,21)19-18-13-14(2)5-6-15(18)3/h5-10,13,19H,4,11-12H2,1-3H3. The van der Waals surface area contributed by atoms with Crippen LogP contribution >= 0.6 is 0 Å². The van der Waals surface area contributed by atoms with Gasteiger partial charge in [-0.3, -0.25) is 4.72 Å². The van der Waals surface area contributed by atoms with E-state index in [4.69, 9.17) is 4.74 Å². The number of rotatable bonds is 7. The molecule has 0 heterocycles. The molecule has 4 nitrogen and oxygen atoms in total. The minimum atomic E-state index is -3.43. The lowest BCUT2D eigenvalue weighted by molar-refractivity contribution is 0.341. The van der Waals surface area contributed by atoms with Crippen molar-refractivity contribution in [3.63, 3.8) is 0 Å². The van der Waals surface area contributed by atoms with E-state index in [0.717, 1.165) is 17.5 Å². The van der Waals surface area contributed by atoms with Crippen LogP contribution in [0.3, 0.4) is 0 Å². The predicted molar refractivity (Wildman–Crippen MR) is 94.6 cm³/mol. The second-order valence-electron chi connectivity index (χ2n) is 5.59. The Morgan fingerprint density at radius 1 is 1.04 bits per heavy atom. The van der Waals surface area contributed by atoms with Crippen molar-refractivity contribution >= 4 is 15.7 Å². The average Bonchev–Trinajstić information content (AvgIpc) is 2.51. The number of sulfonamides is 1. The van der Waals surface area contributed by atoms with E-state index in [0.29, 0.717) is 11.4 Å². The van der Waals surface area contributed by atoms with Crippen molar-refractivity contribution < 1.29 is 13.2 Å². The molecule has 0 bridgehead atoms. The minimum absolute atomic E-state index is 0.0874. The first-order valence-electron chi connectivity index (χ1n) is 7.69. The zero-order valence-electron chi connectivity index (χ0n) is 13.8. The molecule has 23 heavy (non-hydrogen) atoms. The van der Waals surface area contributed by atoms with Crippen molar-refractivity contribution in [1.82, 2.24) is 0 Å². The number of benzene rings is 2. The molecule has 0 saturated heterocycles.